The zero-order valence-corrected chi connectivity index (χ0v) is 23.9. The monoisotopic (exact) mass is 570 g/mol. The molecule has 0 radical (unpaired) electrons. The van der Waals surface area contributed by atoms with Gasteiger partial charge in [-0.25, -0.2) is 4.98 Å². The number of ether oxygens (including phenoxy) is 3. The van der Waals surface area contributed by atoms with Gasteiger partial charge in [0.1, 0.15) is 29.1 Å². The topological polar surface area (TPSA) is 98.2 Å². The molecule has 2 atom stereocenters. The van der Waals surface area contributed by atoms with Crippen LogP contribution in [0.2, 0.25) is 0 Å². The molecule has 2 aliphatic rings. The van der Waals surface area contributed by atoms with Gasteiger partial charge in [-0.2, -0.15) is 0 Å². The Morgan fingerprint density at radius 3 is 2.71 bits per heavy atom. The smallest absolute Gasteiger partial charge is 0.301 e. The van der Waals surface area contributed by atoms with Crippen molar-refractivity contribution in [3.05, 3.63) is 82.9 Å². The number of hydrogen-bond acceptors (Lipinski definition) is 8. The molecule has 1 N–H and O–H groups in total. The lowest BCUT2D eigenvalue weighted by Gasteiger charge is -2.23. The summed E-state index contributed by atoms with van der Waals surface area (Å²) in [4.78, 5) is 33.5. The summed E-state index contributed by atoms with van der Waals surface area (Å²) >= 11 is 1.29. The molecule has 0 bridgehead atoms. The van der Waals surface area contributed by atoms with Crippen molar-refractivity contribution in [3.8, 4) is 17.2 Å². The minimum atomic E-state index is -0.907. The van der Waals surface area contributed by atoms with Gasteiger partial charge in [-0.3, -0.25) is 14.5 Å². The van der Waals surface area contributed by atoms with E-state index in [1.54, 1.807) is 12.1 Å². The summed E-state index contributed by atoms with van der Waals surface area (Å²) in [5.74, 6) is 0.310. The fourth-order valence-corrected chi connectivity index (χ4v) is 6.34. The number of carbonyl (C=O) groups excluding carboxylic acids is 2. The minimum absolute atomic E-state index is 0.00353. The largest absolute Gasteiger partial charge is 0.507 e. The van der Waals surface area contributed by atoms with E-state index in [1.165, 1.54) is 16.2 Å². The predicted octanol–water partition coefficient (Wildman–Crippen LogP) is 6.43. The van der Waals surface area contributed by atoms with Crippen LogP contribution in [0.3, 0.4) is 0 Å². The number of Topliss-reactive ketones (excluding diaryl/α,β-unsaturated/α-hetero) is 1. The van der Waals surface area contributed by atoms with Crippen molar-refractivity contribution in [1.82, 2.24) is 4.98 Å². The summed E-state index contributed by atoms with van der Waals surface area (Å²) in [7, 11) is 0. The summed E-state index contributed by atoms with van der Waals surface area (Å²) in [5, 5.41) is 12.0. The van der Waals surface area contributed by atoms with Crippen LogP contribution in [0.25, 0.3) is 16.0 Å². The van der Waals surface area contributed by atoms with Gasteiger partial charge in [0.05, 0.1) is 35.0 Å². The van der Waals surface area contributed by atoms with Gasteiger partial charge in [0.15, 0.2) is 5.13 Å². The quantitative estimate of drug-likeness (QED) is 0.148. The number of aliphatic hydroxyl groups excluding tert-OH is 1. The van der Waals surface area contributed by atoms with Crippen LogP contribution in [0, 0.1) is 0 Å². The highest BCUT2D eigenvalue weighted by Gasteiger charge is 2.48. The predicted molar refractivity (Wildman–Crippen MR) is 158 cm³/mol. The van der Waals surface area contributed by atoms with E-state index in [0.29, 0.717) is 52.9 Å². The molecule has 1 amide bonds. The van der Waals surface area contributed by atoms with Crippen molar-refractivity contribution in [3.63, 3.8) is 0 Å². The molecular weight excluding hydrogens is 540 g/mol. The number of aliphatic hydroxyl groups is 1. The second-order valence-corrected chi connectivity index (χ2v) is 11.1. The van der Waals surface area contributed by atoms with Crippen LogP contribution in [0.4, 0.5) is 5.13 Å². The molecule has 6 rings (SSSR count). The zero-order valence-electron chi connectivity index (χ0n) is 23.0. The van der Waals surface area contributed by atoms with E-state index in [1.807, 2.05) is 69.3 Å². The number of hydrogen-bond donors (Lipinski definition) is 1. The summed E-state index contributed by atoms with van der Waals surface area (Å²) in [6.07, 6.45) is 1.56. The van der Waals surface area contributed by atoms with Crippen LogP contribution >= 0.6 is 11.3 Å². The number of rotatable bonds is 8. The third-order valence-corrected chi connectivity index (χ3v) is 8.14. The van der Waals surface area contributed by atoms with Crippen molar-refractivity contribution in [2.24, 2.45) is 0 Å². The maximum Gasteiger partial charge on any atom is 0.301 e. The molecule has 3 aromatic carbocycles. The van der Waals surface area contributed by atoms with Crippen LogP contribution in [-0.4, -0.2) is 41.1 Å². The summed E-state index contributed by atoms with van der Waals surface area (Å²) in [6, 6.07) is 17.3. The van der Waals surface area contributed by atoms with Crippen molar-refractivity contribution >= 4 is 44.1 Å². The molecule has 4 aromatic rings. The molecular formula is C32H30N2O6S. The first kappa shape index (κ1) is 26.8. The van der Waals surface area contributed by atoms with Crippen LogP contribution in [0.1, 0.15) is 49.9 Å². The van der Waals surface area contributed by atoms with Gasteiger partial charge < -0.3 is 19.3 Å². The highest BCUT2D eigenvalue weighted by Crippen LogP contribution is 2.45. The molecule has 210 valence electrons. The van der Waals surface area contributed by atoms with E-state index in [-0.39, 0.29) is 17.4 Å². The number of fused-ring (bicyclic) bond motifs is 2. The number of carbonyl (C=O) groups is 2. The Labute approximate surface area is 241 Å². The van der Waals surface area contributed by atoms with E-state index in [0.717, 1.165) is 22.4 Å². The Morgan fingerprint density at radius 1 is 1.07 bits per heavy atom. The van der Waals surface area contributed by atoms with Gasteiger partial charge in [0, 0.05) is 12.0 Å². The molecule has 41 heavy (non-hydrogen) atoms. The lowest BCUT2D eigenvalue weighted by molar-refractivity contribution is -0.132. The maximum atomic E-state index is 13.7. The first-order chi connectivity index (χ1) is 19.9. The van der Waals surface area contributed by atoms with Crippen LogP contribution in [0.15, 0.2) is 66.2 Å². The van der Waals surface area contributed by atoms with E-state index in [4.69, 9.17) is 19.2 Å². The molecule has 2 aliphatic heterocycles. The number of anilines is 1. The van der Waals surface area contributed by atoms with E-state index in [9.17, 15) is 14.7 Å². The number of ketones is 1. The maximum absolute atomic E-state index is 13.7. The second-order valence-electron chi connectivity index (χ2n) is 10.1. The minimum Gasteiger partial charge on any atom is -0.507 e. The zero-order chi connectivity index (χ0) is 28.7. The fraction of sp³-hybridized carbons (Fsp3) is 0.281. The molecule has 1 saturated heterocycles. The average Bonchev–Trinajstić information content (AvgIpc) is 3.63. The molecule has 1 fully saturated rings. The first-order valence-electron chi connectivity index (χ1n) is 13.7. The molecule has 0 saturated carbocycles. The van der Waals surface area contributed by atoms with Crippen LogP contribution in [0.5, 0.6) is 17.2 Å². The van der Waals surface area contributed by atoms with E-state index < -0.39 is 17.7 Å². The van der Waals surface area contributed by atoms with Crippen LogP contribution in [-0.2, 0) is 16.0 Å². The van der Waals surface area contributed by atoms with Gasteiger partial charge in [-0.05, 0) is 79.9 Å². The van der Waals surface area contributed by atoms with Crippen molar-refractivity contribution in [2.75, 3.05) is 18.1 Å². The van der Waals surface area contributed by atoms with E-state index in [2.05, 4.69) is 0 Å². The van der Waals surface area contributed by atoms with Gasteiger partial charge >= 0.3 is 5.91 Å². The number of amides is 1. The molecule has 0 spiro atoms. The first-order valence-corrected chi connectivity index (χ1v) is 14.6. The summed E-state index contributed by atoms with van der Waals surface area (Å²) < 4.78 is 18.1. The van der Waals surface area contributed by atoms with E-state index >= 15 is 0 Å². The molecule has 2 unspecified atom stereocenters. The standard InChI is InChI=1S/C32H30N2O6S/c1-4-13-39-22-8-6-7-19(16-22)28-27(29(35)20-9-12-25-21(15-20)14-18(3)40-25)30(36)31(37)34(28)32-33-24-11-10-23(38-5-2)17-26(24)41-32/h6-12,15-18,28,35H,4-5,13-14H2,1-3H3. The van der Waals surface area contributed by atoms with Crippen molar-refractivity contribution in [1.29, 1.82) is 0 Å². The number of nitrogens with zero attached hydrogens (tertiary/aromatic N) is 2. The lowest BCUT2D eigenvalue weighted by atomic mass is 9.94. The molecule has 1 aromatic heterocycles. The second kappa shape index (κ2) is 10.9. The van der Waals surface area contributed by atoms with Gasteiger partial charge in [0.25, 0.3) is 5.78 Å². The number of benzene rings is 3. The number of aromatic nitrogens is 1. The number of thiazole rings is 1. The van der Waals surface area contributed by atoms with Crippen molar-refractivity contribution < 1.29 is 28.9 Å². The molecule has 9 heteroatoms. The highest BCUT2D eigenvalue weighted by molar-refractivity contribution is 7.22. The Kier molecular flexibility index (Phi) is 7.13. The normalized spacial score (nSPS) is 19.4. The van der Waals surface area contributed by atoms with Gasteiger partial charge in [-0.15, -0.1) is 0 Å². The Balaban J connectivity index is 1.50. The summed E-state index contributed by atoms with van der Waals surface area (Å²) in [5.41, 5.74) is 2.71. The fourth-order valence-electron chi connectivity index (χ4n) is 5.32. The van der Waals surface area contributed by atoms with Gasteiger partial charge in [-0.1, -0.05) is 30.4 Å². The third-order valence-electron chi connectivity index (χ3n) is 7.13. The van der Waals surface area contributed by atoms with Gasteiger partial charge in [0.2, 0.25) is 0 Å². The third kappa shape index (κ3) is 4.91. The SMILES string of the molecule is CCCOc1cccc(C2C(=C(O)c3ccc4c(c3)CC(C)O4)C(=O)C(=O)N2c2nc3ccc(OCC)cc3s2)c1. The van der Waals surface area contributed by atoms with Crippen molar-refractivity contribution in [2.45, 2.75) is 45.8 Å². The molecule has 8 nitrogen and oxygen atoms in total. The highest BCUT2D eigenvalue weighted by atomic mass is 32.1. The molecule has 0 aliphatic carbocycles. The molecule has 3 heterocycles. The average molecular weight is 571 g/mol. The Bertz CT molecular complexity index is 1690. The van der Waals surface area contributed by atoms with Crippen LogP contribution < -0.4 is 19.1 Å². The Hall–Kier alpha value is -4.37. The summed E-state index contributed by atoms with van der Waals surface area (Å²) in [6.45, 7) is 6.96. The lowest BCUT2D eigenvalue weighted by Crippen LogP contribution is -2.29. The Morgan fingerprint density at radius 2 is 1.90 bits per heavy atom.